The average Bonchev–Trinajstić information content (AvgIpc) is 2.59. The maximum Gasteiger partial charge on any atom is 0.475 e. The van der Waals surface area contributed by atoms with Crippen molar-refractivity contribution in [1.82, 2.24) is 0 Å². The Kier molecular flexibility index (Phi) is 6.70. The van der Waals surface area contributed by atoms with E-state index >= 15 is 0 Å². The Morgan fingerprint density at radius 2 is 1.12 bits per heavy atom. The fourth-order valence-corrected chi connectivity index (χ4v) is 12.3. The summed E-state index contributed by atoms with van der Waals surface area (Å²) in [5.74, 6) is 0. The molecular weight excluding hydrogens is 352 g/mol. The Balaban J connectivity index is 2.63. The van der Waals surface area contributed by atoms with Gasteiger partial charge in [-0.15, -0.1) is 0 Å². The molecule has 0 atom stereocenters. The minimum absolute atomic E-state index is 1.07. The average molecular weight is 379 g/mol. The van der Waals surface area contributed by atoms with Crippen molar-refractivity contribution >= 4 is 36.8 Å². The predicted molar refractivity (Wildman–Crippen MR) is 105 cm³/mol. The van der Waals surface area contributed by atoms with E-state index < -0.39 is 26.4 Å². The maximum absolute atomic E-state index is 6.76. The lowest BCUT2D eigenvalue weighted by Crippen LogP contribution is -2.68. The van der Waals surface area contributed by atoms with Crippen molar-refractivity contribution in [2.45, 2.75) is 19.6 Å². The van der Waals surface area contributed by atoms with Gasteiger partial charge < -0.3 is 17.1 Å². The van der Waals surface area contributed by atoms with Gasteiger partial charge >= 0.3 is 18.1 Å². The minimum atomic E-state index is -2.91. The highest BCUT2D eigenvalue weighted by Crippen LogP contribution is 2.18. The van der Waals surface area contributed by atoms with Crippen LogP contribution in [-0.4, -0.2) is 40.6 Å². The SMILES string of the molecule is CO[SiH](OC)O[Si](O[Si](C)(C)C)(c1ccccc1)c1ccccc1. The van der Waals surface area contributed by atoms with Gasteiger partial charge in [0, 0.05) is 14.2 Å². The lowest BCUT2D eigenvalue weighted by Gasteiger charge is -2.38. The summed E-state index contributed by atoms with van der Waals surface area (Å²) >= 11 is 0. The van der Waals surface area contributed by atoms with Crippen molar-refractivity contribution in [3.63, 3.8) is 0 Å². The molecule has 2 rings (SSSR count). The first-order valence-corrected chi connectivity index (χ1v) is 14.6. The van der Waals surface area contributed by atoms with Crippen LogP contribution in [0.15, 0.2) is 60.7 Å². The molecule has 0 aliphatic carbocycles. The minimum Gasteiger partial charge on any atom is -0.430 e. The number of hydrogen-bond acceptors (Lipinski definition) is 4. The van der Waals surface area contributed by atoms with Crippen molar-refractivity contribution in [2.24, 2.45) is 0 Å². The highest BCUT2D eigenvalue weighted by molar-refractivity contribution is 7.00. The lowest BCUT2D eigenvalue weighted by molar-refractivity contribution is 0.188. The Morgan fingerprint density at radius 3 is 1.46 bits per heavy atom. The van der Waals surface area contributed by atoms with E-state index in [0.29, 0.717) is 0 Å². The van der Waals surface area contributed by atoms with Crippen LogP contribution in [0.2, 0.25) is 19.6 Å². The van der Waals surface area contributed by atoms with Gasteiger partial charge in [0.25, 0.3) is 0 Å². The molecule has 0 aromatic heterocycles. The fourth-order valence-electron chi connectivity index (χ4n) is 2.52. The van der Waals surface area contributed by atoms with Gasteiger partial charge in [0.1, 0.15) is 0 Å². The number of rotatable bonds is 8. The highest BCUT2D eigenvalue weighted by atomic mass is 28.5. The summed E-state index contributed by atoms with van der Waals surface area (Å²) < 4.78 is 24.2. The van der Waals surface area contributed by atoms with Gasteiger partial charge in [-0.25, -0.2) is 0 Å². The van der Waals surface area contributed by atoms with Gasteiger partial charge in [-0.1, -0.05) is 60.7 Å². The van der Waals surface area contributed by atoms with Gasteiger partial charge in [-0.05, 0) is 30.0 Å². The zero-order valence-corrected chi connectivity index (χ0v) is 18.1. The number of hydrogen-bond donors (Lipinski definition) is 0. The zero-order valence-electron chi connectivity index (χ0n) is 15.0. The van der Waals surface area contributed by atoms with Gasteiger partial charge in [0.2, 0.25) is 0 Å². The molecule has 0 spiro atoms. The zero-order chi connectivity index (χ0) is 17.6. The van der Waals surface area contributed by atoms with Crippen molar-refractivity contribution in [3.05, 3.63) is 60.7 Å². The Labute approximate surface area is 148 Å². The van der Waals surface area contributed by atoms with Crippen LogP contribution in [0.4, 0.5) is 0 Å². The Bertz CT molecular complexity index is 573. The molecule has 0 aliphatic rings. The molecule has 2 aromatic carbocycles. The van der Waals surface area contributed by atoms with E-state index in [9.17, 15) is 0 Å². The third kappa shape index (κ3) is 4.73. The van der Waals surface area contributed by atoms with Crippen LogP contribution in [0.25, 0.3) is 0 Å². The molecule has 0 amide bonds. The van der Waals surface area contributed by atoms with E-state index in [1.54, 1.807) is 14.2 Å². The molecule has 7 heteroatoms. The largest absolute Gasteiger partial charge is 0.475 e. The Hall–Kier alpha value is -1.07. The maximum atomic E-state index is 6.76. The van der Waals surface area contributed by atoms with Crippen LogP contribution in [0.1, 0.15) is 0 Å². The predicted octanol–water partition coefficient (Wildman–Crippen LogP) is 2.12. The second-order valence-electron chi connectivity index (χ2n) is 6.44. The van der Waals surface area contributed by atoms with E-state index in [4.69, 9.17) is 17.1 Å². The molecule has 0 N–H and O–H groups in total. The van der Waals surface area contributed by atoms with Crippen LogP contribution in [-0.2, 0) is 17.1 Å². The summed E-state index contributed by atoms with van der Waals surface area (Å²) in [6.07, 6.45) is 0. The molecule has 0 unspecified atom stereocenters. The van der Waals surface area contributed by atoms with Crippen molar-refractivity contribution in [3.8, 4) is 0 Å². The van der Waals surface area contributed by atoms with Crippen LogP contribution < -0.4 is 10.4 Å². The molecule has 130 valence electrons. The van der Waals surface area contributed by atoms with Crippen LogP contribution in [0.5, 0.6) is 0 Å². The monoisotopic (exact) mass is 378 g/mol. The van der Waals surface area contributed by atoms with Gasteiger partial charge in [0.15, 0.2) is 8.32 Å². The summed E-state index contributed by atoms with van der Waals surface area (Å²) in [6, 6.07) is 20.4. The quantitative estimate of drug-likeness (QED) is 0.660. The molecule has 0 saturated heterocycles. The first-order chi connectivity index (χ1) is 11.4. The van der Waals surface area contributed by atoms with Crippen molar-refractivity contribution in [2.75, 3.05) is 14.2 Å². The normalized spacial score (nSPS) is 12.6. The highest BCUT2D eigenvalue weighted by Gasteiger charge is 2.48. The molecule has 0 radical (unpaired) electrons. The Morgan fingerprint density at radius 1 is 0.708 bits per heavy atom. The van der Waals surface area contributed by atoms with Crippen molar-refractivity contribution < 1.29 is 17.1 Å². The standard InChI is InChI=1S/C17H26O4Si3/c1-18-22(19-2)20-24(21-23(3,4)5,16-12-8-6-9-13-16)17-14-10-7-11-15-17/h6-15,22H,1-5H3. The smallest absolute Gasteiger partial charge is 0.430 e. The van der Waals surface area contributed by atoms with Gasteiger partial charge in [-0.3, -0.25) is 0 Å². The van der Waals surface area contributed by atoms with Crippen LogP contribution >= 0.6 is 0 Å². The van der Waals surface area contributed by atoms with Crippen molar-refractivity contribution in [1.29, 1.82) is 0 Å². The third-order valence-electron chi connectivity index (χ3n) is 3.40. The third-order valence-corrected chi connectivity index (χ3v) is 12.1. The topological polar surface area (TPSA) is 36.9 Å². The first-order valence-electron chi connectivity index (χ1n) is 7.96. The van der Waals surface area contributed by atoms with Crippen LogP contribution in [0.3, 0.4) is 0 Å². The first kappa shape index (κ1) is 19.3. The molecule has 0 heterocycles. The second-order valence-corrected chi connectivity index (χ2v) is 16.3. The number of benzene rings is 2. The molecular formula is C17H26O4Si3. The molecule has 24 heavy (non-hydrogen) atoms. The van der Waals surface area contributed by atoms with Crippen LogP contribution in [0, 0.1) is 0 Å². The molecule has 0 bridgehead atoms. The summed E-state index contributed by atoms with van der Waals surface area (Å²) in [5, 5.41) is 2.15. The van der Waals surface area contributed by atoms with E-state index in [0.717, 1.165) is 10.4 Å². The molecule has 0 aliphatic heterocycles. The molecule has 0 saturated carbocycles. The summed E-state index contributed by atoms with van der Waals surface area (Å²) in [5.41, 5.74) is 0. The second kappa shape index (κ2) is 8.35. The molecule has 4 nitrogen and oxygen atoms in total. The molecule has 0 fully saturated rings. The van der Waals surface area contributed by atoms with E-state index in [-0.39, 0.29) is 0 Å². The summed E-state index contributed by atoms with van der Waals surface area (Å²) in [4.78, 5) is 0. The summed E-state index contributed by atoms with van der Waals surface area (Å²) in [6.45, 7) is 6.54. The van der Waals surface area contributed by atoms with E-state index in [2.05, 4.69) is 43.9 Å². The summed E-state index contributed by atoms with van der Waals surface area (Å²) in [7, 11) is -3.85. The van der Waals surface area contributed by atoms with Gasteiger partial charge in [0.05, 0.1) is 0 Å². The lowest BCUT2D eigenvalue weighted by atomic mass is 10.4. The van der Waals surface area contributed by atoms with Gasteiger partial charge in [-0.2, -0.15) is 0 Å². The molecule has 2 aromatic rings. The van der Waals surface area contributed by atoms with E-state index in [1.807, 2.05) is 36.4 Å². The van der Waals surface area contributed by atoms with E-state index in [1.165, 1.54) is 0 Å². The fraction of sp³-hybridized carbons (Fsp3) is 0.294.